The first-order valence-electron chi connectivity index (χ1n) is 7.05. The Hall–Kier alpha value is -1.00. The van der Waals surface area contributed by atoms with Crippen LogP contribution in [-0.2, 0) is 4.74 Å². The van der Waals surface area contributed by atoms with Crippen molar-refractivity contribution in [3.63, 3.8) is 0 Å². The lowest BCUT2D eigenvalue weighted by Gasteiger charge is -2.46. The fraction of sp³-hybridized carbons (Fsp3) is 0.625. The molecule has 4 heteroatoms. The predicted molar refractivity (Wildman–Crippen MR) is 75.3 cm³/mol. The van der Waals surface area contributed by atoms with Crippen LogP contribution >= 0.6 is 0 Å². The van der Waals surface area contributed by atoms with Gasteiger partial charge in [-0.3, -0.25) is 0 Å². The van der Waals surface area contributed by atoms with Crippen LogP contribution in [0.15, 0.2) is 18.2 Å². The van der Waals surface area contributed by atoms with Crippen molar-refractivity contribution in [1.29, 1.82) is 0 Å². The Morgan fingerprint density at radius 2 is 1.55 bits per heavy atom. The smallest absolute Gasteiger partial charge is 0.126 e. The maximum atomic E-state index is 13.4. The average molecular weight is 283 g/mol. The highest BCUT2D eigenvalue weighted by atomic mass is 19.1. The monoisotopic (exact) mass is 283 g/mol. The highest BCUT2D eigenvalue weighted by Gasteiger charge is 2.43. The van der Waals surface area contributed by atoms with Crippen LogP contribution in [0.3, 0.4) is 0 Å². The number of nitrogens with two attached hydrogens (primary N) is 1. The van der Waals surface area contributed by atoms with Gasteiger partial charge in [-0.25, -0.2) is 8.78 Å². The molecule has 0 spiro atoms. The summed E-state index contributed by atoms with van der Waals surface area (Å²) in [5.41, 5.74) is 6.49. The van der Waals surface area contributed by atoms with E-state index in [1.54, 1.807) is 7.11 Å². The normalized spacial score (nSPS) is 22.5. The van der Waals surface area contributed by atoms with Crippen molar-refractivity contribution in [1.82, 2.24) is 0 Å². The molecule has 1 aliphatic carbocycles. The fourth-order valence-corrected chi connectivity index (χ4v) is 3.05. The second-order valence-corrected chi connectivity index (χ2v) is 6.61. The van der Waals surface area contributed by atoms with Gasteiger partial charge in [0.1, 0.15) is 11.6 Å². The molecular weight excluding hydrogens is 260 g/mol. The molecule has 1 atom stereocenters. The summed E-state index contributed by atoms with van der Waals surface area (Å²) in [5.74, 6) is -1.20. The van der Waals surface area contributed by atoms with Crippen LogP contribution in [0.1, 0.15) is 51.1 Å². The zero-order valence-electron chi connectivity index (χ0n) is 12.4. The minimum absolute atomic E-state index is 0.273. The first kappa shape index (κ1) is 15.4. The minimum Gasteiger partial charge on any atom is -0.376 e. The van der Waals surface area contributed by atoms with Crippen molar-refractivity contribution in [2.45, 2.75) is 51.2 Å². The third-order valence-corrected chi connectivity index (χ3v) is 4.67. The van der Waals surface area contributed by atoms with Crippen LogP contribution in [0, 0.1) is 17.0 Å². The lowest BCUT2D eigenvalue weighted by molar-refractivity contribution is -0.0795. The Labute approximate surface area is 119 Å². The van der Waals surface area contributed by atoms with Gasteiger partial charge in [-0.2, -0.15) is 0 Å². The molecule has 0 bridgehead atoms. The molecule has 1 saturated carbocycles. The number of benzene rings is 1. The molecule has 2 rings (SSSR count). The third kappa shape index (κ3) is 3.01. The van der Waals surface area contributed by atoms with Crippen molar-refractivity contribution in [3.8, 4) is 0 Å². The first-order valence-corrected chi connectivity index (χ1v) is 7.05. The van der Waals surface area contributed by atoms with E-state index in [1.807, 2.05) is 0 Å². The Morgan fingerprint density at radius 1 is 1.05 bits per heavy atom. The van der Waals surface area contributed by atoms with Gasteiger partial charge in [0.15, 0.2) is 0 Å². The summed E-state index contributed by atoms with van der Waals surface area (Å²) in [7, 11) is 1.63. The maximum absolute atomic E-state index is 13.4. The van der Waals surface area contributed by atoms with E-state index in [2.05, 4.69) is 13.8 Å². The molecule has 1 aromatic carbocycles. The van der Waals surface area contributed by atoms with Crippen molar-refractivity contribution >= 4 is 0 Å². The average Bonchev–Trinajstić information content (AvgIpc) is 2.37. The number of halogens is 2. The van der Waals surface area contributed by atoms with E-state index in [0.29, 0.717) is 5.56 Å². The summed E-state index contributed by atoms with van der Waals surface area (Å²) in [6.45, 7) is 4.44. The van der Waals surface area contributed by atoms with Gasteiger partial charge >= 0.3 is 0 Å². The van der Waals surface area contributed by atoms with E-state index in [4.69, 9.17) is 10.5 Å². The Morgan fingerprint density at radius 3 is 2.00 bits per heavy atom. The third-order valence-electron chi connectivity index (χ3n) is 4.67. The fourth-order valence-electron chi connectivity index (χ4n) is 3.05. The van der Waals surface area contributed by atoms with Gasteiger partial charge in [0.05, 0.1) is 11.6 Å². The Kier molecular flexibility index (Phi) is 4.17. The minimum atomic E-state index is -0.599. The second-order valence-electron chi connectivity index (χ2n) is 6.61. The standard InChI is InChI=1S/C16H23F2NO/c1-15(2)4-6-16(20-3,7-5-15)14(19)11-8-12(17)10-13(18)9-11/h8-10,14H,4-7,19H2,1-3H3. The molecule has 1 aliphatic rings. The lowest BCUT2D eigenvalue weighted by atomic mass is 9.67. The van der Waals surface area contributed by atoms with Crippen LogP contribution in [0.2, 0.25) is 0 Å². The topological polar surface area (TPSA) is 35.2 Å². The SMILES string of the molecule is COC1(C(N)c2cc(F)cc(F)c2)CCC(C)(C)CC1. The van der Waals surface area contributed by atoms with Gasteiger partial charge in [-0.15, -0.1) is 0 Å². The lowest BCUT2D eigenvalue weighted by Crippen LogP contribution is -2.47. The van der Waals surface area contributed by atoms with Crippen molar-refractivity contribution in [2.75, 3.05) is 7.11 Å². The molecule has 20 heavy (non-hydrogen) atoms. The van der Waals surface area contributed by atoms with Crippen molar-refractivity contribution in [2.24, 2.45) is 11.1 Å². The van der Waals surface area contributed by atoms with Gasteiger partial charge in [-0.1, -0.05) is 13.8 Å². The van der Waals surface area contributed by atoms with Gasteiger partial charge < -0.3 is 10.5 Å². The molecule has 0 aromatic heterocycles. The van der Waals surface area contributed by atoms with Crippen LogP contribution in [0.5, 0.6) is 0 Å². The van der Waals surface area contributed by atoms with E-state index in [9.17, 15) is 8.78 Å². The van der Waals surface area contributed by atoms with E-state index < -0.39 is 23.3 Å². The zero-order valence-corrected chi connectivity index (χ0v) is 12.4. The summed E-state index contributed by atoms with van der Waals surface area (Å²) < 4.78 is 32.4. The number of rotatable bonds is 3. The Balaban J connectivity index is 2.27. The first-order chi connectivity index (χ1) is 9.28. The Bertz CT molecular complexity index is 457. The summed E-state index contributed by atoms with van der Waals surface area (Å²) in [4.78, 5) is 0. The van der Waals surface area contributed by atoms with Crippen LogP contribution in [0.4, 0.5) is 8.78 Å². The van der Waals surface area contributed by atoms with Crippen LogP contribution < -0.4 is 5.73 Å². The van der Waals surface area contributed by atoms with E-state index in [1.165, 1.54) is 12.1 Å². The quantitative estimate of drug-likeness (QED) is 0.911. The summed E-state index contributed by atoms with van der Waals surface area (Å²) in [5, 5.41) is 0. The molecular formula is C16H23F2NO. The predicted octanol–water partition coefficient (Wildman–Crippen LogP) is 3.95. The maximum Gasteiger partial charge on any atom is 0.126 e. The molecule has 0 saturated heterocycles. The number of methoxy groups -OCH3 is 1. The van der Waals surface area contributed by atoms with Crippen molar-refractivity contribution < 1.29 is 13.5 Å². The highest BCUT2D eigenvalue weighted by Crippen LogP contribution is 2.46. The van der Waals surface area contributed by atoms with Gasteiger partial charge in [0.2, 0.25) is 0 Å². The molecule has 0 heterocycles. The molecule has 0 amide bonds. The second kappa shape index (κ2) is 5.41. The molecule has 0 aliphatic heterocycles. The van der Waals surface area contributed by atoms with E-state index in [0.717, 1.165) is 31.7 Å². The molecule has 112 valence electrons. The number of hydrogen-bond donors (Lipinski definition) is 1. The molecule has 1 fully saturated rings. The number of hydrogen-bond acceptors (Lipinski definition) is 2. The summed E-state index contributed by atoms with van der Waals surface area (Å²) >= 11 is 0. The van der Waals surface area contributed by atoms with Gasteiger partial charge in [0, 0.05) is 13.2 Å². The van der Waals surface area contributed by atoms with Gasteiger partial charge in [0.25, 0.3) is 0 Å². The molecule has 1 unspecified atom stereocenters. The van der Waals surface area contributed by atoms with E-state index >= 15 is 0 Å². The van der Waals surface area contributed by atoms with E-state index in [-0.39, 0.29) is 5.41 Å². The largest absolute Gasteiger partial charge is 0.376 e. The highest BCUT2D eigenvalue weighted by molar-refractivity contribution is 5.24. The molecule has 2 nitrogen and oxygen atoms in total. The molecule has 1 aromatic rings. The van der Waals surface area contributed by atoms with Crippen molar-refractivity contribution in [3.05, 3.63) is 35.4 Å². The van der Waals surface area contributed by atoms with Crippen LogP contribution in [-0.4, -0.2) is 12.7 Å². The zero-order chi connectivity index (χ0) is 15.0. The summed E-state index contributed by atoms with van der Waals surface area (Å²) in [6, 6.07) is 2.94. The molecule has 2 N–H and O–H groups in total. The number of ether oxygens (including phenoxy) is 1. The van der Waals surface area contributed by atoms with Crippen LogP contribution in [0.25, 0.3) is 0 Å². The summed E-state index contributed by atoms with van der Waals surface area (Å²) in [6.07, 6.45) is 3.59. The van der Waals surface area contributed by atoms with Gasteiger partial charge in [-0.05, 0) is 48.8 Å². The molecule has 0 radical (unpaired) electrons.